The van der Waals surface area contributed by atoms with Crippen molar-refractivity contribution >= 4 is 22.0 Å². The van der Waals surface area contributed by atoms with Crippen LogP contribution in [0.25, 0.3) is 0 Å². The number of rotatable bonds is 4. The zero-order chi connectivity index (χ0) is 12.6. The van der Waals surface area contributed by atoms with Crippen molar-refractivity contribution in [1.82, 2.24) is 0 Å². The number of hydrogen-bond donors (Lipinski definition) is 2. The molecule has 2 rings (SSSR count). The van der Waals surface area contributed by atoms with Crippen molar-refractivity contribution in [2.45, 2.75) is 45.6 Å². The molecule has 1 aliphatic rings. The first-order chi connectivity index (χ1) is 8.04. The monoisotopic (exact) mass is 249 g/mol. The smallest absolute Gasteiger partial charge is 0.130 e. The van der Waals surface area contributed by atoms with Crippen LogP contribution in [-0.4, -0.2) is 6.04 Å². The Hall–Kier alpha value is -1.21. The van der Waals surface area contributed by atoms with Gasteiger partial charge in [-0.15, -0.1) is 11.3 Å². The van der Waals surface area contributed by atoms with Gasteiger partial charge in [0.15, 0.2) is 0 Å². The maximum absolute atomic E-state index is 9.05. The van der Waals surface area contributed by atoms with Crippen molar-refractivity contribution in [2.24, 2.45) is 5.92 Å². The standard InChI is InChI=1S/C13H19N3S/c1-7(2)8(3)16-13-11(9-4-5-9)12(15)10(6-14)17-13/h7-9,16H,4-5,15H2,1-3H3. The molecule has 0 bridgehead atoms. The van der Waals surface area contributed by atoms with Crippen LogP contribution < -0.4 is 11.1 Å². The maximum atomic E-state index is 9.05. The molecular weight excluding hydrogens is 230 g/mol. The van der Waals surface area contributed by atoms with E-state index >= 15 is 0 Å². The Kier molecular flexibility index (Phi) is 3.30. The van der Waals surface area contributed by atoms with Crippen LogP contribution >= 0.6 is 11.3 Å². The first-order valence-electron chi connectivity index (χ1n) is 6.13. The highest BCUT2D eigenvalue weighted by atomic mass is 32.1. The fourth-order valence-corrected chi connectivity index (χ4v) is 2.90. The molecule has 1 saturated carbocycles. The Balaban J connectivity index is 2.30. The lowest BCUT2D eigenvalue weighted by Crippen LogP contribution is -2.21. The molecule has 0 spiro atoms. The van der Waals surface area contributed by atoms with Gasteiger partial charge < -0.3 is 11.1 Å². The van der Waals surface area contributed by atoms with Crippen LogP contribution in [0, 0.1) is 17.2 Å². The predicted octanol–water partition coefficient (Wildman–Crippen LogP) is 3.54. The Labute approximate surface area is 107 Å². The molecule has 17 heavy (non-hydrogen) atoms. The second-order valence-corrected chi connectivity index (χ2v) is 6.17. The fourth-order valence-electron chi connectivity index (χ4n) is 1.80. The molecule has 0 amide bonds. The quantitative estimate of drug-likeness (QED) is 0.858. The first-order valence-corrected chi connectivity index (χ1v) is 6.95. The molecule has 1 aromatic rings. The van der Waals surface area contributed by atoms with Gasteiger partial charge >= 0.3 is 0 Å². The lowest BCUT2D eigenvalue weighted by Gasteiger charge is -2.18. The molecular formula is C13H19N3S. The highest BCUT2D eigenvalue weighted by Crippen LogP contribution is 2.50. The number of nitrogens with two attached hydrogens (primary N) is 1. The molecule has 0 aliphatic heterocycles. The van der Waals surface area contributed by atoms with Crippen LogP contribution in [0.15, 0.2) is 0 Å². The van der Waals surface area contributed by atoms with Crippen molar-refractivity contribution in [3.05, 3.63) is 10.4 Å². The van der Waals surface area contributed by atoms with Gasteiger partial charge in [0, 0.05) is 11.6 Å². The number of hydrogen-bond acceptors (Lipinski definition) is 4. The van der Waals surface area contributed by atoms with Crippen molar-refractivity contribution in [3.8, 4) is 6.07 Å². The molecule has 1 aromatic heterocycles. The minimum atomic E-state index is 0.400. The molecule has 1 fully saturated rings. The third-order valence-electron chi connectivity index (χ3n) is 3.43. The van der Waals surface area contributed by atoms with E-state index in [1.807, 2.05) is 0 Å². The Morgan fingerprint density at radius 2 is 2.06 bits per heavy atom. The van der Waals surface area contributed by atoms with Crippen LogP contribution in [0.1, 0.15) is 50.0 Å². The van der Waals surface area contributed by atoms with Crippen LogP contribution in [0.2, 0.25) is 0 Å². The van der Waals surface area contributed by atoms with Gasteiger partial charge in [-0.05, 0) is 31.6 Å². The van der Waals surface area contributed by atoms with Crippen molar-refractivity contribution < 1.29 is 0 Å². The zero-order valence-electron chi connectivity index (χ0n) is 10.6. The number of thiophene rings is 1. The highest BCUT2D eigenvalue weighted by molar-refractivity contribution is 7.17. The summed E-state index contributed by atoms with van der Waals surface area (Å²) in [5, 5.41) is 13.7. The molecule has 3 N–H and O–H groups in total. The highest BCUT2D eigenvalue weighted by Gasteiger charge is 2.32. The van der Waals surface area contributed by atoms with E-state index in [1.54, 1.807) is 0 Å². The van der Waals surface area contributed by atoms with Crippen molar-refractivity contribution in [3.63, 3.8) is 0 Å². The van der Waals surface area contributed by atoms with E-state index in [0.717, 1.165) is 5.00 Å². The van der Waals surface area contributed by atoms with E-state index in [9.17, 15) is 0 Å². The second-order valence-electron chi connectivity index (χ2n) is 5.15. The lowest BCUT2D eigenvalue weighted by molar-refractivity contribution is 0.560. The maximum Gasteiger partial charge on any atom is 0.130 e. The predicted molar refractivity (Wildman–Crippen MR) is 73.3 cm³/mol. The van der Waals surface area contributed by atoms with Gasteiger partial charge in [-0.25, -0.2) is 0 Å². The summed E-state index contributed by atoms with van der Waals surface area (Å²) in [5.74, 6) is 1.14. The summed E-state index contributed by atoms with van der Waals surface area (Å²) >= 11 is 1.50. The van der Waals surface area contributed by atoms with E-state index in [1.165, 1.54) is 29.7 Å². The number of nitrogens with one attached hydrogen (secondary N) is 1. The average molecular weight is 249 g/mol. The van der Waals surface area contributed by atoms with Gasteiger partial charge in [-0.3, -0.25) is 0 Å². The minimum absolute atomic E-state index is 0.400. The van der Waals surface area contributed by atoms with Crippen LogP contribution in [0.5, 0.6) is 0 Å². The summed E-state index contributed by atoms with van der Waals surface area (Å²) in [6.07, 6.45) is 2.41. The summed E-state index contributed by atoms with van der Waals surface area (Å²) in [5.41, 5.74) is 7.96. The van der Waals surface area contributed by atoms with E-state index in [2.05, 4.69) is 32.2 Å². The Bertz CT molecular complexity index is 452. The number of nitriles is 1. The third kappa shape index (κ3) is 2.39. The average Bonchev–Trinajstić information content (AvgIpc) is 3.05. The summed E-state index contributed by atoms with van der Waals surface area (Å²) < 4.78 is 0. The molecule has 1 aliphatic carbocycles. The molecule has 4 heteroatoms. The second kappa shape index (κ2) is 4.58. The van der Waals surface area contributed by atoms with Crippen LogP contribution in [0.3, 0.4) is 0 Å². The summed E-state index contributed by atoms with van der Waals surface area (Å²) in [6, 6.07) is 2.59. The van der Waals surface area contributed by atoms with Gasteiger partial charge in [0.05, 0.1) is 10.7 Å². The van der Waals surface area contributed by atoms with Crippen LogP contribution in [0.4, 0.5) is 10.7 Å². The summed E-state index contributed by atoms with van der Waals surface area (Å²) in [7, 11) is 0. The number of nitrogens with zero attached hydrogens (tertiary/aromatic N) is 1. The minimum Gasteiger partial charge on any atom is -0.397 e. The molecule has 1 heterocycles. The molecule has 1 unspecified atom stereocenters. The SMILES string of the molecule is CC(C)C(C)Nc1sc(C#N)c(N)c1C1CC1. The van der Waals surface area contributed by atoms with Crippen molar-refractivity contribution in [1.29, 1.82) is 5.26 Å². The number of anilines is 2. The van der Waals surface area contributed by atoms with E-state index in [0.29, 0.717) is 28.4 Å². The topological polar surface area (TPSA) is 61.8 Å². The van der Waals surface area contributed by atoms with Gasteiger partial charge in [-0.1, -0.05) is 13.8 Å². The molecule has 3 nitrogen and oxygen atoms in total. The number of nitrogen functional groups attached to an aromatic ring is 1. The largest absolute Gasteiger partial charge is 0.397 e. The normalized spacial score (nSPS) is 16.9. The lowest BCUT2D eigenvalue weighted by atomic mass is 10.1. The van der Waals surface area contributed by atoms with Crippen LogP contribution in [-0.2, 0) is 0 Å². The third-order valence-corrected chi connectivity index (χ3v) is 4.49. The summed E-state index contributed by atoms with van der Waals surface area (Å²) in [4.78, 5) is 0.658. The van der Waals surface area contributed by atoms with Gasteiger partial charge in [0.2, 0.25) is 0 Å². The molecule has 92 valence electrons. The van der Waals surface area contributed by atoms with E-state index in [4.69, 9.17) is 11.0 Å². The Morgan fingerprint density at radius 3 is 2.53 bits per heavy atom. The van der Waals surface area contributed by atoms with Crippen molar-refractivity contribution in [2.75, 3.05) is 11.1 Å². The van der Waals surface area contributed by atoms with Gasteiger partial charge in [0.25, 0.3) is 0 Å². The van der Waals surface area contributed by atoms with E-state index < -0.39 is 0 Å². The zero-order valence-corrected chi connectivity index (χ0v) is 11.4. The van der Waals surface area contributed by atoms with Gasteiger partial charge in [-0.2, -0.15) is 5.26 Å². The molecule has 0 saturated heterocycles. The first kappa shape index (κ1) is 12.3. The Morgan fingerprint density at radius 1 is 1.41 bits per heavy atom. The fraction of sp³-hybridized carbons (Fsp3) is 0.615. The van der Waals surface area contributed by atoms with Gasteiger partial charge in [0.1, 0.15) is 10.9 Å². The molecule has 1 atom stereocenters. The summed E-state index contributed by atoms with van der Waals surface area (Å²) in [6.45, 7) is 6.55. The van der Waals surface area contributed by atoms with E-state index in [-0.39, 0.29) is 0 Å². The molecule has 0 aromatic carbocycles. The molecule has 0 radical (unpaired) electrons.